The van der Waals surface area contributed by atoms with Gasteiger partial charge in [-0.2, -0.15) is 13.2 Å². The lowest BCUT2D eigenvalue weighted by atomic mass is 9.96. The maximum atomic E-state index is 12.3. The van der Waals surface area contributed by atoms with Crippen molar-refractivity contribution in [2.24, 2.45) is 11.3 Å². The molecule has 11 heavy (non-hydrogen) atoms. The molecule has 0 aromatic carbocycles. The van der Waals surface area contributed by atoms with Crippen LogP contribution in [0.4, 0.5) is 13.2 Å². The van der Waals surface area contributed by atoms with Gasteiger partial charge in [0.25, 0.3) is 0 Å². The average molecular weight is 165 g/mol. The fourth-order valence-corrected chi connectivity index (χ4v) is 2.03. The molecule has 0 aromatic rings. The number of fused-ring (bicyclic) bond motifs is 1. The van der Waals surface area contributed by atoms with E-state index in [0.717, 1.165) is 0 Å². The van der Waals surface area contributed by atoms with Crippen LogP contribution in [0.2, 0.25) is 0 Å². The van der Waals surface area contributed by atoms with E-state index in [4.69, 9.17) is 0 Å². The van der Waals surface area contributed by atoms with E-state index in [1.54, 1.807) is 0 Å². The van der Waals surface area contributed by atoms with Gasteiger partial charge in [-0.05, 0) is 31.8 Å². The van der Waals surface area contributed by atoms with Gasteiger partial charge in [0.2, 0.25) is 0 Å². The molecule has 0 amide bonds. The lowest BCUT2D eigenvalue weighted by Gasteiger charge is -2.25. The number of rotatable bonds is 0. The molecular weight excluding hydrogens is 155 g/mol. The van der Waals surface area contributed by atoms with Gasteiger partial charge in [0, 0.05) is 0 Å². The van der Waals surface area contributed by atoms with E-state index in [1.807, 2.05) is 0 Å². The second-order valence-corrected chi connectivity index (χ2v) is 3.51. The molecule has 1 saturated carbocycles. The van der Waals surface area contributed by atoms with Gasteiger partial charge < -0.3 is 5.32 Å². The Balaban J connectivity index is 2.13. The highest BCUT2D eigenvalue weighted by Gasteiger charge is 2.70. The van der Waals surface area contributed by atoms with Crippen LogP contribution in [0.1, 0.15) is 12.8 Å². The summed E-state index contributed by atoms with van der Waals surface area (Å²) in [5, 5.41) is 2.97. The number of alkyl halides is 3. The van der Waals surface area contributed by atoms with Gasteiger partial charge >= 0.3 is 6.18 Å². The Morgan fingerprint density at radius 2 is 2.09 bits per heavy atom. The molecule has 1 heterocycles. The SMILES string of the molecule is FC(F)(F)C12CCNCC1C2. The normalized spacial score (nSPS) is 43.4. The van der Waals surface area contributed by atoms with Crippen LogP contribution in [-0.4, -0.2) is 19.3 Å². The Kier molecular flexibility index (Phi) is 1.29. The summed E-state index contributed by atoms with van der Waals surface area (Å²) in [6, 6.07) is 0. The summed E-state index contributed by atoms with van der Waals surface area (Å²) in [5.41, 5.74) is -1.28. The van der Waals surface area contributed by atoms with Crippen molar-refractivity contribution in [2.75, 3.05) is 13.1 Å². The van der Waals surface area contributed by atoms with E-state index in [1.165, 1.54) is 0 Å². The third kappa shape index (κ3) is 0.883. The second kappa shape index (κ2) is 1.91. The van der Waals surface area contributed by atoms with Crippen molar-refractivity contribution in [3.63, 3.8) is 0 Å². The van der Waals surface area contributed by atoms with E-state index in [-0.39, 0.29) is 12.3 Å². The van der Waals surface area contributed by atoms with E-state index >= 15 is 0 Å². The average Bonchev–Trinajstić information content (AvgIpc) is 2.59. The molecular formula is C7H10F3N. The molecule has 0 radical (unpaired) electrons. The van der Waals surface area contributed by atoms with Crippen LogP contribution in [0.3, 0.4) is 0 Å². The summed E-state index contributed by atoms with van der Waals surface area (Å²) in [7, 11) is 0. The Labute approximate surface area is 63.0 Å². The van der Waals surface area contributed by atoms with Crippen molar-refractivity contribution in [3.8, 4) is 0 Å². The monoisotopic (exact) mass is 165 g/mol. The highest BCUT2D eigenvalue weighted by Crippen LogP contribution is 2.65. The summed E-state index contributed by atoms with van der Waals surface area (Å²) in [5.74, 6) is -0.128. The first-order valence-electron chi connectivity index (χ1n) is 3.84. The smallest absolute Gasteiger partial charge is 0.316 e. The summed E-state index contributed by atoms with van der Waals surface area (Å²) in [6.07, 6.45) is -3.33. The Hall–Kier alpha value is -0.250. The van der Waals surface area contributed by atoms with Gasteiger partial charge in [0.05, 0.1) is 5.41 Å². The zero-order valence-electron chi connectivity index (χ0n) is 6.04. The van der Waals surface area contributed by atoms with Gasteiger partial charge in [0.15, 0.2) is 0 Å². The first-order valence-corrected chi connectivity index (χ1v) is 3.84. The summed E-state index contributed by atoms with van der Waals surface area (Å²) >= 11 is 0. The second-order valence-electron chi connectivity index (χ2n) is 3.51. The molecule has 0 aromatic heterocycles. The minimum atomic E-state index is -3.96. The summed E-state index contributed by atoms with van der Waals surface area (Å²) in [4.78, 5) is 0. The molecule has 1 N–H and O–H groups in total. The first-order chi connectivity index (χ1) is 5.06. The van der Waals surface area contributed by atoms with E-state index in [2.05, 4.69) is 5.32 Å². The van der Waals surface area contributed by atoms with Gasteiger partial charge in [-0.1, -0.05) is 0 Å². The highest BCUT2D eigenvalue weighted by atomic mass is 19.4. The first kappa shape index (κ1) is 7.40. The van der Waals surface area contributed by atoms with Crippen LogP contribution < -0.4 is 5.32 Å². The predicted molar refractivity (Wildman–Crippen MR) is 34.1 cm³/mol. The predicted octanol–water partition coefficient (Wildman–Crippen LogP) is 1.55. The van der Waals surface area contributed by atoms with Crippen LogP contribution in [0, 0.1) is 11.3 Å². The standard InChI is InChI=1S/C7H10F3N/c8-7(9,10)6-1-2-11-4-5(6)3-6/h5,11H,1-4H2. The molecule has 0 bridgehead atoms. The molecule has 2 unspecified atom stereocenters. The van der Waals surface area contributed by atoms with Crippen molar-refractivity contribution in [2.45, 2.75) is 19.0 Å². The zero-order chi connectivity index (χ0) is 8.11. The molecule has 2 rings (SSSR count). The number of hydrogen-bond acceptors (Lipinski definition) is 1. The molecule has 1 aliphatic carbocycles. The van der Waals surface area contributed by atoms with Gasteiger partial charge in [0.1, 0.15) is 0 Å². The molecule has 0 spiro atoms. The number of hydrogen-bond donors (Lipinski definition) is 1. The van der Waals surface area contributed by atoms with E-state index in [0.29, 0.717) is 19.5 Å². The summed E-state index contributed by atoms with van der Waals surface area (Å²) < 4.78 is 37.0. The van der Waals surface area contributed by atoms with Crippen LogP contribution >= 0.6 is 0 Å². The Bertz CT molecular complexity index is 177. The topological polar surface area (TPSA) is 12.0 Å². The minimum Gasteiger partial charge on any atom is -0.316 e. The molecule has 64 valence electrons. The van der Waals surface area contributed by atoms with Gasteiger partial charge in [-0.25, -0.2) is 0 Å². The van der Waals surface area contributed by atoms with E-state index < -0.39 is 11.6 Å². The maximum Gasteiger partial charge on any atom is 0.394 e. The lowest BCUT2D eigenvalue weighted by Crippen LogP contribution is -2.37. The van der Waals surface area contributed by atoms with Gasteiger partial charge in [-0.15, -0.1) is 0 Å². The third-order valence-corrected chi connectivity index (χ3v) is 2.94. The van der Waals surface area contributed by atoms with Crippen molar-refractivity contribution in [1.29, 1.82) is 0 Å². The van der Waals surface area contributed by atoms with Crippen LogP contribution in [0.15, 0.2) is 0 Å². The molecule has 1 saturated heterocycles. The Morgan fingerprint density at radius 1 is 1.36 bits per heavy atom. The number of nitrogens with one attached hydrogen (secondary N) is 1. The zero-order valence-corrected chi connectivity index (χ0v) is 6.04. The van der Waals surface area contributed by atoms with Crippen LogP contribution in [-0.2, 0) is 0 Å². The quantitative estimate of drug-likeness (QED) is 0.574. The third-order valence-electron chi connectivity index (χ3n) is 2.94. The lowest BCUT2D eigenvalue weighted by molar-refractivity contribution is -0.195. The van der Waals surface area contributed by atoms with Crippen LogP contribution in [0.5, 0.6) is 0 Å². The van der Waals surface area contributed by atoms with Crippen molar-refractivity contribution in [3.05, 3.63) is 0 Å². The molecule has 2 aliphatic rings. The fourth-order valence-electron chi connectivity index (χ4n) is 2.03. The molecule has 2 fully saturated rings. The van der Waals surface area contributed by atoms with Crippen molar-refractivity contribution in [1.82, 2.24) is 5.32 Å². The molecule has 4 heteroatoms. The maximum absolute atomic E-state index is 12.3. The van der Waals surface area contributed by atoms with Crippen molar-refractivity contribution >= 4 is 0 Å². The van der Waals surface area contributed by atoms with E-state index in [9.17, 15) is 13.2 Å². The largest absolute Gasteiger partial charge is 0.394 e. The molecule has 1 nitrogen and oxygen atoms in total. The van der Waals surface area contributed by atoms with Crippen molar-refractivity contribution < 1.29 is 13.2 Å². The van der Waals surface area contributed by atoms with Crippen LogP contribution in [0.25, 0.3) is 0 Å². The number of piperidine rings is 1. The molecule has 2 atom stereocenters. The summed E-state index contributed by atoms with van der Waals surface area (Å²) in [6.45, 7) is 1.08. The highest BCUT2D eigenvalue weighted by molar-refractivity contribution is 5.10. The molecule has 1 aliphatic heterocycles. The van der Waals surface area contributed by atoms with Gasteiger partial charge in [-0.3, -0.25) is 0 Å². The minimum absolute atomic E-state index is 0.128. The fraction of sp³-hybridized carbons (Fsp3) is 1.00. The number of halogens is 3. The Morgan fingerprint density at radius 3 is 2.55 bits per heavy atom.